The van der Waals surface area contributed by atoms with Crippen LogP contribution in [-0.2, 0) is 11.3 Å². The van der Waals surface area contributed by atoms with E-state index in [1.54, 1.807) is 18.4 Å². The lowest BCUT2D eigenvalue weighted by molar-refractivity contribution is -0.117. The lowest BCUT2D eigenvalue weighted by atomic mass is 10.2. The number of nitrogens with zero attached hydrogens (tertiary/aromatic N) is 2. The number of hydrogen-bond acceptors (Lipinski definition) is 5. The number of benzene rings is 2. The van der Waals surface area contributed by atoms with Gasteiger partial charge in [-0.25, -0.2) is 4.98 Å². The number of thiazole rings is 1. The molecular formula is C20H20BrN3O2S. The quantitative estimate of drug-likeness (QED) is 0.574. The van der Waals surface area contributed by atoms with Gasteiger partial charge >= 0.3 is 0 Å². The summed E-state index contributed by atoms with van der Waals surface area (Å²) in [6, 6.07) is 15.4. The zero-order valence-corrected chi connectivity index (χ0v) is 17.5. The maximum Gasteiger partial charge on any atom is 0.238 e. The molecule has 3 aromatic rings. The Morgan fingerprint density at radius 3 is 2.74 bits per heavy atom. The van der Waals surface area contributed by atoms with Crippen LogP contribution in [0, 0.1) is 0 Å². The number of carbonyl (C=O) groups is 1. The van der Waals surface area contributed by atoms with Gasteiger partial charge in [-0.2, -0.15) is 0 Å². The molecular weight excluding hydrogens is 426 g/mol. The largest absolute Gasteiger partial charge is 0.497 e. The molecule has 0 fully saturated rings. The molecule has 5 nitrogen and oxygen atoms in total. The topological polar surface area (TPSA) is 54.5 Å². The minimum absolute atomic E-state index is 0.0647. The summed E-state index contributed by atoms with van der Waals surface area (Å²) in [7, 11) is 3.52. The van der Waals surface area contributed by atoms with Crippen molar-refractivity contribution in [3.63, 3.8) is 0 Å². The minimum atomic E-state index is -0.0647. The second kappa shape index (κ2) is 9.12. The fraction of sp³-hybridized carbons (Fsp3) is 0.200. The second-order valence-corrected chi connectivity index (χ2v) is 7.88. The Labute approximate surface area is 171 Å². The monoisotopic (exact) mass is 445 g/mol. The summed E-state index contributed by atoms with van der Waals surface area (Å²) < 4.78 is 6.15. The van der Waals surface area contributed by atoms with Crippen LogP contribution in [0.25, 0.3) is 10.6 Å². The first kappa shape index (κ1) is 19.5. The van der Waals surface area contributed by atoms with Crippen LogP contribution in [0.3, 0.4) is 0 Å². The third kappa shape index (κ3) is 5.63. The molecule has 27 heavy (non-hydrogen) atoms. The maximum atomic E-state index is 12.2. The van der Waals surface area contributed by atoms with Crippen LogP contribution >= 0.6 is 27.3 Å². The van der Waals surface area contributed by atoms with Crippen molar-refractivity contribution < 1.29 is 9.53 Å². The third-order valence-electron chi connectivity index (χ3n) is 3.84. The van der Waals surface area contributed by atoms with Gasteiger partial charge in [0.2, 0.25) is 5.91 Å². The second-order valence-electron chi connectivity index (χ2n) is 6.10. The van der Waals surface area contributed by atoms with Crippen LogP contribution < -0.4 is 10.1 Å². The van der Waals surface area contributed by atoms with Crippen molar-refractivity contribution in [2.75, 3.05) is 26.0 Å². The van der Waals surface area contributed by atoms with Crippen LogP contribution in [0.15, 0.2) is 58.4 Å². The van der Waals surface area contributed by atoms with Crippen molar-refractivity contribution in [1.82, 2.24) is 9.88 Å². The normalized spacial score (nSPS) is 10.8. The molecule has 0 saturated heterocycles. The van der Waals surface area contributed by atoms with E-state index >= 15 is 0 Å². The van der Waals surface area contributed by atoms with E-state index in [0.717, 1.165) is 32.2 Å². The standard InChI is InChI=1S/C20H20BrN3O2S/c1-24(12-19(25)22-16-6-8-18(26-2)9-7-16)11-17-13-27-20(23-17)14-4-3-5-15(21)10-14/h3-10,13H,11-12H2,1-2H3,(H,22,25). The molecule has 0 aliphatic rings. The highest BCUT2D eigenvalue weighted by molar-refractivity contribution is 9.10. The number of methoxy groups -OCH3 is 1. The molecule has 0 unspecified atom stereocenters. The number of carbonyl (C=O) groups excluding carboxylic acids is 1. The predicted octanol–water partition coefficient (Wildman–Crippen LogP) is 4.65. The molecule has 140 valence electrons. The molecule has 0 aliphatic heterocycles. The summed E-state index contributed by atoms with van der Waals surface area (Å²) in [6.07, 6.45) is 0. The maximum absolute atomic E-state index is 12.2. The van der Waals surface area contributed by atoms with Gasteiger partial charge in [0.05, 0.1) is 19.3 Å². The van der Waals surface area contributed by atoms with Crippen molar-refractivity contribution in [2.45, 2.75) is 6.54 Å². The fourth-order valence-electron chi connectivity index (χ4n) is 2.59. The average molecular weight is 446 g/mol. The zero-order chi connectivity index (χ0) is 19.2. The Hall–Kier alpha value is -2.22. The molecule has 1 heterocycles. The summed E-state index contributed by atoms with van der Waals surface area (Å²) in [5.41, 5.74) is 2.79. The number of nitrogens with one attached hydrogen (secondary N) is 1. The number of rotatable bonds is 7. The molecule has 0 radical (unpaired) electrons. The number of aromatic nitrogens is 1. The molecule has 1 aromatic heterocycles. The van der Waals surface area contributed by atoms with Crippen LogP contribution in [0.4, 0.5) is 5.69 Å². The lowest BCUT2D eigenvalue weighted by Crippen LogP contribution is -2.29. The SMILES string of the molecule is COc1ccc(NC(=O)CN(C)Cc2csc(-c3cccc(Br)c3)n2)cc1. The van der Waals surface area contributed by atoms with E-state index in [2.05, 4.69) is 32.3 Å². The molecule has 0 bridgehead atoms. The first-order valence-electron chi connectivity index (χ1n) is 8.36. The lowest BCUT2D eigenvalue weighted by Gasteiger charge is -2.15. The fourth-order valence-corrected chi connectivity index (χ4v) is 3.79. The summed E-state index contributed by atoms with van der Waals surface area (Å²) in [5, 5.41) is 5.90. The van der Waals surface area contributed by atoms with Gasteiger partial charge in [-0.1, -0.05) is 28.1 Å². The molecule has 7 heteroatoms. The van der Waals surface area contributed by atoms with Crippen molar-refractivity contribution in [3.8, 4) is 16.3 Å². The van der Waals surface area contributed by atoms with Gasteiger partial charge in [0.1, 0.15) is 10.8 Å². The van der Waals surface area contributed by atoms with Gasteiger partial charge in [-0.15, -0.1) is 11.3 Å². The van der Waals surface area contributed by atoms with E-state index in [1.807, 2.05) is 59.8 Å². The average Bonchev–Trinajstić information content (AvgIpc) is 3.10. The van der Waals surface area contributed by atoms with Crippen LogP contribution in [0.5, 0.6) is 5.75 Å². The van der Waals surface area contributed by atoms with Crippen LogP contribution in [-0.4, -0.2) is 36.5 Å². The number of likely N-dealkylation sites (N-methyl/N-ethyl adjacent to an activating group) is 1. The van der Waals surface area contributed by atoms with E-state index in [0.29, 0.717) is 6.54 Å². The zero-order valence-electron chi connectivity index (χ0n) is 15.1. The number of halogens is 1. The van der Waals surface area contributed by atoms with E-state index in [9.17, 15) is 4.79 Å². The first-order chi connectivity index (χ1) is 13.0. The summed E-state index contributed by atoms with van der Waals surface area (Å²) in [5.74, 6) is 0.694. The molecule has 0 atom stereocenters. The van der Waals surface area contributed by atoms with Crippen LogP contribution in [0.1, 0.15) is 5.69 Å². The summed E-state index contributed by atoms with van der Waals surface area (Å²) in [4.78, 5) is 18.9. The van der Waals surface area contributed by atoms with E-state index in [-0.39, 0.29) is 12.5 Å². The molecule has 3 rings (SSSR count). The summed E-state index contributed by atoms with van der Waals surface area (Å²) in [6.45, 7) is 0.899. The van der Waals surface area contributed by atoms with E-state index in [4.69, 9.17) is 4.74 Å². The van der Waals surface area contributed by atoms with Gasteiger partial charge in [0.15, 0.2) is 0 Å². The molecule has 0 saturated carbocycles. The van der Waals surface area contributed by atoms with E-state index < -0.39 is 0 Å². The van der Waals surface area contributed by atoms with Crippen molar-refractivity contribution in [3.05, 3.63) is 64.1 Å². The molecule has 0 aliphatic carbocycles. The van der Waals surface area contributed by atoms with Gasteiger partial charge in [0.25, 0.3) is 0 Å². The highest BCUT2D eigenvalue weighted by Crippen LogP contribution is 2.26. The number of amides is 1. The van der Waals surface area contributed by atoms with Crippen molar-refractivity contribution in [1.29, 1.82) is 0 Å². The van der Waals surface area contributed by atoms with E-state index in [1.165, 1.54) is 0 Å². The molecule has 0 spiro atoms. The summed E-state index contributed by atoms with van der Waals surface area (Å²) >= 11 is 5.09. The highest BCUT2D eigenvalue weighted by Gasteiger charge is 2.11. The first-order valence-corrected chi connectivity index (χ1v) is 10.0. The molecule has 1 amide bonds. The molecule has 1 N–H and O–H groups in total. The smallest absolute Gasteiger partial charge is 0.238 e. The Morgan fingerprint density at radius 2 is 2.04 bits per heavy atom. The Bertz CT molecular complexity index is 912. The van der Waals surface area contributed by atoms with Gasteiger partial charge in [0, 0.05) is 27.6 Å². The Balaban J connectivity index is 1.54. The highest BCUT2D eigenvalue weighted by atomic mass is 79.9. The van der Waals surface area contributed by atoms with Gasteiger partial charge < -0.3 is 10.1 Å². The third-order valence-corrected chi connectivity index (χ3v) is 5.28. The number of hydrogen-bond donors (Lipinski definition) is 1. The Morgan fingerprint density at radius 1 is 1.26 bits per heavy atom. The number of anilines is 1. The van der Waals surface area contributed by atoms with Gasteiger partial charge in [-0.05, 0) is 43.4 Å². The molecule has 2 aromatic carbocycles. The van der Waals surface area contributed by atoms with Gasteiger partial charge in [-0.3, -0.25) is 9.69 Å². The Kier molecular flexibility index (Phi) is 6.60. The van der Waals surface area contributed by atoms with Crippen molar-refractivity contribution in [2.24, 2.45) is 0 Å². The predicted molar refractivity (Wildman–Crippen MR) is 113 cm³/mol. The number of ether oxygens (including phenoxy) is 1. The van der Waals surface area contributed by atoms with Crippen molar-refractivity contribution >= 4 is 38.9 Å². The van der Waals surface area contributed by atoms with Crippen LogP contribution in [0.2, 0.25) is 0 Å². The minimum Gasteiger partial charge on any atom is -0.497 e.